The van der Waals surface area contributed by atoms with Gasteiger partial charge in [-0.1, -0.05) is 18.5 Å². The maximum Gasteiger partial charge on any atom is 0.125 e. The van der Waals surface area contributed by atoms with Crippen LogP contribution >= 0.6 is 11.6 Å². The summed E-state index contributed by atoms with van der Waals surface area (Å²) in [4.78, 5) is 0. The van der Waals surface area contributed by atoms with Crippen molar-refractivity contribution < 1.29 is 4.39 Å². The Kier molecular flexibility index (Phi) is 2.75. The summed E-state index contributed by atoms with van der Waals surface area (Å²) in [7, 11) is 0. The SMILES string of the molecule is CCC1NCCc2c(Cl)cc(F)cc21. The van der Waals surface area contributed by atoms with Gasteiger partial charge in [-0.3, -0.25) is 0 Å². The number of hydrogen-bond acceptors (Lipinski definition) is 1. The van der Waals surface area contributed by atoms with Gasteiger partial charge in [-0.05, 0) is 42.6 Å². The molecule has 3 heteroatoms. The lowest BCUT2D eigenvalue weighted by atomic mass is 9.93. The van der Waals surface area contributed by atoms with E-state index in [0.29, 0.717) is 5.02 Å². The van der Waals surface area contributed by atoms with Crippen LogP contribution in [-0.2, 0) is 6.42 Å². The van der Waals surface area contributed by atoms with E-state index in [1.807, 2.05) is 0 Å². The molecule has 1 atom stereocenters. The van der Waals surface area contributed by atoms with Crippen molar-refractivity contribution in [1.29, 1.82) is 0 Å². The van der Waals surface area contributed by atoms with Gasteiger partial charge < -0.3 is 5.32 Å². The largest absolute Gasteiger partial charge is 0.310 e. The lowest BCUT2D eigenvalue weighted by Crippen LogP contribution is -2.29. The van der Waals surface area contributed by atoms with Gasteiger partial charge in [-0.2, -0.15) is 0 Å². The van der Waals surface area contributed by atoms with Gasteiger partial charge in [0.2, 0.25) is 0 Å². The van der Waals surface area contributed by atoms with Crippen LogP contribution in [0.2, 0.25) is 5.02 Å². The van der Waals surface area contributed by atoms with E-state index < -0.39 is 0 Å². The van der Waals surface area contributed by atoms with E-state index in [0.717, 1.165) is 30.5 Å². The molecule has 1 heterocycles. The standard InChI is InChI=1S/C11H13ClFN/c1-2-11-9-5-7(13)6-10(12)8(9)3-4-14-11/h5-6,11,14H,2-4H2,1H3. The predicted octanol–water partition coefficient (Wildman–Crippen LogP) is 3.08. The maximum atomic E-state index is 13.2. The summed E-state index contributed by atoms with van der Waals surface area (Å²) < 4.78 is 13.2. The normalized spacial score (nSPS) is 20.6. The number of halogens is 2. The van der Waals surface area contributed by atoms with Crippen molar-refractivity contribution in [3.63, 3.8) is 0 Å². The quantitative estimate of drug-likeness (QED) is 0.756. The third-order valence-electron chi connectivity index (χ3n) is 2.74. The van der Waals surface area contributed by atoms with Crippen molar-refractivity contribution in [1.82, 2.24) is 5.32 Å². The molecule has 1 N–H and O–H groups in total. The van der Waals surface area contributed by atoms with Crippen LogP contribution < -0.4 is 5.32 Å². The molecule has 0 saturated carbocycles. The Balaban J connectivity index is 2.51. The number of rotatable bonds is 1. The Bertz CT molecular complexity index is 351. The molecule has 0 amide bonds. The second-order valence-corrected chi connectivity index (χ2v) is 4.03. The van der Waals surface area contributed by atoms with Gasteiger partial charge in [-0.25, -0.2) is 4.39 Å². The summed E-state index contributed by atoms with van der Waals surface area (Å²) in [5.74, 6) is -0.240. The van der Waals surface area contributed by atoms with Gasteiger partial charge >= 0.3 is 0 Å². The number of benzene rings is 1. The molecule has 14 heavy (non-hydrogen) atoms. The molecule has 0 fully saturated rings. The third-order valence-corrected chi connectivity index (χ3v) is 3.08. The summed E-state index contributed by atoms with van der Waals surface area (Å²) in [6.07, 6.45) is 1.86. The van der Waals surface area contributed by atoms with Crippen molar-refractivity contribution in [3.8, 4) is 0 Å². The van der Waals surface area contributed by atoms with Gasteiger partial charge in [0.15, 0.2) is 0 Å². The molecule has 0 saturated heterocycles. The van der Waals surface area contributed by atoms with Crippen LogP contribution in [0.3, 0.4) is 0 Å². The number of hydrogen-bond donors (Lipinski definition) is 1. The Hall–Kier alpha value is -0.600. The van der Waals surface area contributed by atoms with E-state index in [-0.39, 0.29) is 11.9 Å². The minimum absolute atomic E-state index is 0.240. The molecule has 0 bridgehead atoms. The van der Waals surface area contributed by atoms with Crippen molar-refractivity contribution in [3.05, 3.63) is 34.1 Å². The van der Waals surface area contributed by atoms with Crippen LogP contribution in [0.4, 0.5) is 4.39 Å². The lowest BCUT2D eigenvalue weighted by Gasteiger charge is -2.26. The van der Waals surface area contributed by atoms with Crippen LogP contribution in [0.1, 0.15) is 30.5 Å². The fourth-order valence-electron chi connectivity index (χ4n) is 2.04. The molecular formula is C11H13ClFN. The van der Waals surface area contributed by atoms with E-state index in [9.17, 15) is 4.39 Å². The number of nitrogens with one attached hydrogen (secondary N) is 1. The molecule has 0 aromatic heterocycles. The van der Waals surface area contributed by atoms with E-state index >= 15 is 0 Å². The topological polar surface area (TPSA) is 12.0 Å². The van der Waals surface area contributed by atoms with E-state index in [1.165, 1.54) is 6.07 Å². The minimum Gasteiger partial charge on any atom is -0.310 e. The molecule has 76 valence electrons. The van der Waals surface area contributed by atoms with E-state index in [1.54, 1.807) is 6.07 Å². The molecule has 0 radical (unpaired) electrons. The first kappa shape index (κ1) is 9.94. The van der Waals surface area contributed by atoms with Crippen molar-refractivity contribution in [2.24, 2.45) is 0 Å². The highest BCUT2D eigenvalue weighted by Crippen LogP contribution is 2.31. The molecule has 1 aromatic rings. The highest BCUT2D eigenvalue weighted by atomic mass is 35.5. The Morgan fingerprint density at radius 2 is 2.36 bits per heavy atom. The lowest BCUT2D eigenvalue weighted by molar-refractivity contribution is 0.487. The molecule has 1 nitrogen and oxygen atoms in total. The third kappa shape index (κ3) is 1.64. The van der Waals surface area contributed by atoms with Crippen LogP contribution in [0.25, 0.3) is 0 Å². The number of fused-ring (bicyclic) bond motifs is 1. The van der Waals surface area contributed by atoms with Gasteiger partial charge in [0.25, 0.3) is 0 Å². The highest BCUT2D eigenvalue weighted by Gasteiger charge is 2.20. The van der Waals surface area contributed by atoms with Crippen LogP contribution in [-0.4, -0.2) is 6.54 Å². The average Bonchev–Trinajstić information content (AvgIpc) is 2.17. The first-order valence-electron chi connectivity index (χ1n) is 4.93. The summed E-state index contributed by atoms with van der Waals surface area (Å²) in [5.41, 5.74) is 2.14. The molecule has 2 rings (SSSR count). The van der Waals surface area contributed by atoms with E-state index in [4.69, 9.17) is 11.6 Å². The van der Waals surface area contributed by atoms with Gasteiger partial charge in [0.05, 0.1) is 0 Å². The van der Waals surface area contributed by atoms with Gasteiger partial charge in [0.1, 0.15) is 5.82 Å². The summed E-state index contributed by atoms with van der Waals surface area (Å²) in [5, 5.41) is 3.92. The van der Waals surface area contributed by atoms with Gasteiger partial charge in [-0.15, -0.1) is 0 Å². The zero-order chi connectivity index (χ0) is 10.1. The van der Waals surface area contributed by atoms with Crippen LogP contribution in [0, 0.1) is 5.82 Å². The van der Waals surface area contributed by atoms with Crippen molar-refractivity contribution >= 4 is 11.6 Å². The van der Waals surface area contributed by atoms with Crippen LogP contribution in [0.15, 0.2) is 12.1 Å². The Morgan fingerprint density at radius 3 is 3.07 bits per heavy atom. The molecule has 0 spiro atoms. The molecule has 1 aliphatic rings. The molecule has 1 unspecified atom stereocenters. The van der Waals surface area contributed by atoms with Crippen molar-refractivity contribution in [2.45, 2.75) is 25.8 Å². The zero-order valence-electron chi connectivity index (χ0n) is 8.11. The second kappa shape index (κ2) is 3.87. The minimum atomic E-state index is -0.240. The summed E-state index contributed by atoms with van der Waals surface area (Å²) in [6, 6.07) is 3.26. The summed E-state index contributed by atoms with van der Waals surface area (Å²) in [6.45, 7) is 3.02. The molecule has 1 aromatic carbocycles. The average molecular weight is 214 g/mol. The Morgan fingerprint density at radius 1 is 1.57 bits per heavy atom. The van der Waals surface area contributed by atoms with Gasteiger partial charge in [0, 0.05) is 11.1 Å². The first-order chi connectivity index (χ1) is 6.72. The first-order valence-corrected chi connectivity index (χ1v) is 5.31. The summed E-state index contributed by atoms with van der Waals surface area (Å²) >= 11 is 6.00. The predicted molar refractivity (Wildman–Crippen MR) is 56.1 cm³/mol. The molecule has 0 aliphatic carbocycles. The smallest absolute Gasteiger partial charge is 0.125 e. The highest BCUT2D eigenvalue weighted by molar-refractivity contribution is 6.31. The second-order valence-electron chi connectivity index (χ2n) is 3.62. The zero-order valence-corrected chi connectivity index (χ0v) is 8.87. The fraction of sp³-hybridized carbons (Fsp3) is 0.455. The fourth-order valence-corrected chi connectivity index (χ4v) is 2.35. The van der Waals surface area contributed by atoms with Crippen molar-refractivity contribution in [2.75, 3.05) is 6.54 Å². The van der Waals surface area contributed by atoms with Crippen LogP contribution in [0.5, 0.6) is 0 Å². The Labute approximate surface area is 88.3 Å². The van der Waals surface area contributed by atoms with E-state index in [2.05, 4.69) is 12.2 Å². The maximum absolute atomic E-state index is 13.2. The monoisotopic (exact) mass is 213 g/mol. The molecule has 1 aliphatic heterocycles. The molecular weight excluding hydrogens is 201 g/mol.